The largest absolute Gasteiger partial charge is 0.325 e. The van der Waals surface area contributed by atoms with Gasteiger partial charge in [-0.25, -0.2) is 0 Å². The number of hydrogen-bond acceptors (Lipinski definition) is 4. The van der Waals surface area contributed by atoms with E-state index < -0.39 is 0 Å². The minimum atomic E-state index is -0.347. The van der Waals surface area contributed by atoms with Crippen molar-refractivity contribution in [3.63, 3.8) is 0 Å². The molecule has 0 radical (unpaired) electrons. The fraction of sp³-hybridized carbons (Fsp3) is 0.412. The van der Waals surface area contributed by atoms with Crippen molar-refractivity contribution < 1.29 is 9.48 Å². The van der Waals surface area contributed by atoms with Crippen molar-refractivity contribution in [2.75, 3.05) is 10.7 Å². The zero-order chi connectivity index (χ0) is 17.3. The molecule has 24 heavy (non-hydrogen) atoms. The van der Waals surface area contributed by atoms with Crippen LogP contribution in [0.5, 0.6) is 0 Å². The Morgan fingerprint density at radius 3 is 2.88 bits per heavy atom. The predicted molar refractivity (Wildman–Crippen MR) is 94.0 cm³/mol. The maximum atomic E-state index is 12.7. The molecule has 7 heteroatoms. The van der Waals surface area contributed by atoms with Crippen molar-refractivity contribution in [3.05, 3.63) is 34.6 Å². The van der Waals surface area contributed by atoms with Crippen molar-refractivity contribution >= 4 is 23.4 Å². The summed E-state index contributed by atoms with van der Waals surface area (Å²) in [6.07, 6.45) is 1.81. The Labute approximate surface area is 144 Å². The lowest BCUT2D eigenvalue weighted by atomic mass is 10.1. The van der Waals surface area contributed by atoms with Gasteiger partial charge in [-0.15, -0.1) is 0 Å². The van der Waals surface area contributed by atoms with Crippen LogP contribution in [-0.2, 0) is 4.79 Å². The van der Waals surface area contributed by atoms with Crippen molar-refractivity contribution in [1.82, 2.24) is 10.1 Å². The Balaban J connectivity index is 2.14. The molecule has 0 bridgehead atoms. The Morgan fingerprint density at radius 2 is 2.17 bits per heavy atom. The maximum absolute atomic E-state index is 12.7. The van der Waals surface area contributed by atoms with E-state index in [4.69, 9.17) is 0 Å². The Kier molecular flexibility index (Phi) is 4.71. The second-order valence-electron chi connectivity index (χ2n) is 5.79. The summed E-state index contributed by atoms with van der Waals surface area (Å²) in [4.78, 5) is 29.4. The number of hydrogen-bond donors (Lipinski definition) is 1. The Bertz CT molecular complexity index is 834. The second kappa shape index (κ2) is 6.76. The maximum Gasteiger partial charge on any atom is 0.325 e. The van der Waals surface area contributed by atoms with Gasteiger partial charge in [0.1, 0.15) is 0 Å². The number of thioether (sulfide) groups is 1. The SMILES string of the molecule is CCCCSc1n[n+]2c(c(=O)[nH]1)-c1ccccc1N(C(C)=O)[C@H]2C. The zero-order valence-corrected chi connectivity index (χ0v) is 14.9. The third kappa shape index (κ3) is 2.84. The van der Waals surface area contributed by atoms with Crippen LogP contribution in [0, 0.1) is 0 Å². The third-order valence-electron chi connectivity index (χ3n) is 4.09. The fourth-order valence-corrected chi connectivity index (χ4v) is 3.89. The summed E-state index contributed by atoms with van der Waals surface area (Å²) >= 11 is 1.53. The van der Waals surface area contributed by atoms with Crippen molar-refractivity contribution in [3.8, 4) is 11.3 Å². The molecule has 1 aliphatic rings. The standard InChI is InChI=1S/C17H20N4O2S/c1-4-5-10-24-17-18-16(23)15-13-8-6-7-9-14(13)20(12(3)22)11(2)21(15)19-17/h6-9,11H,4-5,10H2,1-3H3/p+1/t11-/m1/s1. The highest BCUT2D eigenvalue weighted by molar-refractivity contribution is 7.99. The summed E-state index contributed by atoms with van der Waals surface area (Å²) in [5, 5.41) is 5.18. The lowest BCUT2D eigenvalue weighted by Crippen LogP contribution is -2.59. The first-order valence-corrected chi connectivity index (χ1v) is 9.11. The van der Waals surface area contributed by atoms with Crippen LogP contribution in [0.3, 0.4) is 0 Å². The van der Waals surface area contributed by atoms with Gasteiger partial charge in [0.2, 0.25) is 11.1 Å². The first kappa shape index (κ1) is 16.7. The topological polar surface area (TPSA) is 69.9 Å². The third-order valence-corrected chi connectivity index (χ3v) is 5.04. The minimum absolute atomic E-state index is 0.0737. The van der Waals surface area contributed by atoms with Gasteiger partial charge in [-0.2, -0.15) is 0 Å². The normalized spacial score (nSPS) is 15.8. The number of amides is 1. The number of unbranched alkanes of at least 4 members (excludes halogenated alkanes) is 1. The molecule has 1 aromatic heterocycles. The molecule has 1 aliphatic heterocycles. The number of rotatable bonds is 4. The molecule has 2 heterocycles. The van der Waals surface area contributed by atoms with Crippen LogP contribution in [0.1, 0.15) is 39.8 Å². The van der Waals surface area contributed by atoms with Crippen molar-refractivity contribution in [1.29, 1.82) is 0 Å². The van der Waals surface area contributed by atoms with Gasteiger partial charge in [0.25, 0.3) is 6.17 Å². The first-order chi connectivity index (χ1) is 11.5. The summed E-state index contributed by atoms with van der Waals surface area (Å²) in [7, 11) is 0. The number of nitrogens with zero attached hydrogens (tertiary/aromatic N) is 3. The van der Waals surface area contributed by atoms with E-state index in [0.717, 1.165) is 29.8 Å². The molecule has 6 nitrogen and oxygen atoms in total. The lowest BCUT2D eigenvalue weighted by Gasteiger charge is -2.29. The van der Waals surface area contributed by atoms with E-state index in [2.05, 4.69) is 17.0 Å². The van der Waals surface area contributed by atoms with Gasteiger partial charge >= 0.3 is 11.3 Å². The highest BCUT2D eigenvalue weighted by Gasteiger charge is 2.40. The smallest absolute Gasteiger partial charge is 0.291 e. The first-order valence-electron chi connectivity index (χ1n) is 8.12. The van der Waals surface area contributed by atoms with Crippen LogP contribution in [-0.4, -0.2) is 21.7 Å². The second-order valence-corrected chi connectivity index (χ2v) is 6.88. The molecule has 0 saturated carbocycles. The fourth-order valence-electron chi connectivity index (χ4n) is 2.95. The molecule has 0 saturated heterocycles. The molecule has 1 N–H and O–H groups in total. The summed E-state index contributed by atoms with van der Waals surface area (Å²) in [5.41, 5.74) is 1.79. The van der Waals surface area contributed by atoms with Crippen LogP contribution in [0.2, 0.25) is 0 Å². The number of fused-ring (bicyclic) bond motifs is 3. The van der Waals surface area contributed by atoms with Gasteiger partial charge in [-0.3, -0.25) is 19.5 Å². The Hall–Kier alpha value is -2.15. The number of benzene rings is 1. The number of H-pyrrole nitrogens is 1. The van der Waals surface area contributed by atoms with E-state index in [-0.39, 0.29) is 17.6 Å². The number of carbonyl (C=O) groups excluding carboxylic acids is 1. The molecule has 0 unspecified atom stereocenters. The molecule has 2 aromatic rings. The van der Waals surface area contributed by atoms with Gasteiger partial charge in [-0.05, 0) is 18.6 Å². The molecular formula is C17H21N4O2S+. The van der Waals surface area contributed by atoms with Crippen LogP contribution in [0.25, 0.3) is 11.3 Å². The summed E-state index contributed by atoms with van der Waals surface area (Å²) in [6.45, 7) is 5.54. The van der Waals surface area contributed by atoms with Crippen LogP contribution >= 0.6 is 11.8 Å². The molecule has 1 aromatic carbocycles. The summed E-state index contributed by atoms with van der Waals surface area (Å²) in [5.74, 6) is 0.829. The number of anilines is 1. The van der Waals surface area contributed by atoms with Crippen LogP contribution < -0.4 is 15.1 Å². The molecular weight excluding hydrogens is 324 g/mol. The van der Waals surface area contributed by atoms with Crippen LogP contribution in [0.15, 0.2) is 34.2 Å². The molecule has 0 aliphatic carbocycles. The molecule has 1 amide bonds. The zero-order valence-electron chi connectivity index (χ0n) is 14.1. The van der Waals surface area contributed by atoms with E-state index in [1.54, 1.807) is 9.58 Å². The molecule has 3 rings (SSSR count). The van der Waals surface area contributed by atoms with E-state index in [1.807, 2.05) is 31.2 Å². The number of aromatic amines is 1. The van der Waals surface area contributed by atoms with E-state index >= 15 is 0 Å². The van der Waals surface area contributed by atoms with E-state index in [9.17, 15) is 9.59 Å². The highest BCUT2D eigenvalue weighted by atomic mass is 32.2. The number of aromatic nitrogens is 3. The summed E-state index contributed by atoms with van der Waals surface area (Å²) in [6, 6.07) is 7.44. The van der Waals surface area contributed by atoms with Crippen molar-refractivity contribution in [2.45, 2.75) is 44.9 Å². The van der Waals surface area contributed by atoms with Gasteiger partial charge in [-0.1, -0.05) is 41.9 Å². The monoisotopic (exact) mass is 345 g/mol. The number of para-hydroxylation sites is 1. The Morgan fingerprint density at radius 1 is 1.42 bits per heavy atom. The average Bonchev–Trinajstić information content (AvgIpc) is 2.55. The summed E-state index contributed by atoms with van der Waals surface area (Å²) < 4.78 is 1.66. The van der Waals surface area contributed by atoms with E-state index in [1.165, 1.54) is 18.7 Å². The number of nitrogens with one attached hydrogen (secondary N) is 1. The molecule has 0 fully saturated rings. The average molecular weight is 345 g/mol. The van der Waals surface area contributed by atoms with Gasteiger partial charge in [0.05, 0.1) is 11.3 Å². The quantitative estimate of drug-likeness (QED) is 0.525. The molecule has 0 spiro atoms. The predicted octanol–water partition coefficient (Wildman–Crippen LogP) is 2.50. The van der Waals surface area contributed by atoms with E-state index in [0.29, 0.717) is 10.9 Å². The molecule has 126 valence electrons. The van der Waals surface area contributed by atoms with Gasteiger partial charge < -0.3 is 0 Å². The highest BCUT2D eigenvalue weighted by Crippen LogP contribution is 2.34. The molecule has 1 atom stereocenters. The lowest BCUT2D eigenvalue weighted by molar-refractivity contribution is -0.768. The van der Waals surface area contributed by atoms with Crippen molar-refractivity contribution in [2.24, 2.45) is 0 Å². The minimum Gasteiger partial charge on any atom is -0.291 e. The van der Waals surface area contributed by atoms with Gasteiger partial charge in [0, 0.05) is 24.7 Å². The number of carbonyl (C=O) groups is 1. The van der Waals surface area contributed by atoms with Gasteiger partial charge in [0.15, 0.2) is 0 Å². The van der Waals surface area contributed by atoms with Crippen LogP contribution in [0.4, 0.5) is 5.69 Å².